The van der Waals surface area contributed by atoms with Gasteiger partial charge in [-0.05, 0) is 31.7 Å². The minimum atomic E-state index is 0.782. The first-order valence-electron chi connectivity index (χ1n) is 8.71. The number of para-hydroxylation sites is 1. The molecular formula is C19H24N4. The van der Waals surface area contributed by atoms with Crippen molar-refractivity contribution < 1.29 is 0 Å². The highest BCUT2D eigenvalue weighted by molar-refractivity contribution is 6.06. The Hall–Kier alpha value is -2.10. The van der Waals surface area contributed by atoms with Gasteiger partial charge in [0, 0.05) is 19.0 Å². The van der Waals surface area contributed by atoms with Gasteiger partial charge in [-0.25, -0.2) is 9.97 Å². The second-order valence-corrected chi connectivity index (χ2v) is 6.70. The first kappa shape index (κ1) is 14.5. The second-order valence-electron chi connectivity index (χ2n) is 6.70. The molecular weight excluding hydrogens is 284 g/mol. The van der Waals surface area contributed by atoms with Crippen molar-refractivity contribution in [2.24, 2.45) is 5.92 Å². The Morgan fingerprint density at radius 3 is 2.70 bits per heavy atom. The smallest absolute Gasteiger partial charge is 0.154 e. The molecule has 0 saturated heterocycles. The molecule has 2 aromatic heterocycles. The quantitative estimate of drug-likeness (QED) is 0.774. The monoisotopic (exact) mass is 308 g/mol. The van der Waals surface area contributed by atoms with Crippen LogP contribution in [-0.4, -0.2) is 21.6 Å². The average molecular weight is 308 g/mol. The van der Waals surface area contributed by atoms with Crippen molar-refractivity contribution in [3.05, 3.63) is 30.1 Å². The van der Waals surface area contributed by atoms with Gasteiger partial charge in [-0.15, -0.1) is 0 Å². The van der Waals surface area contributed by atoms with Crippen molar-refractivity contribution in [1.82, 2.24) is 14.5 Å². The van der Waals surface area contributed by atoms with Crippen LogP contribution in [0.2, 0.25) is 0 Å². The van der Waals surface area contributed by atoms with Crippen molar-refractivity contribution in [3.63, 3.8) is 0 Å². The molecule has 4 rings (SSSR count). The van der Waals surface area contributed by atoms with Crippen LogP contribution in [0.3, 0.4) is 0 Å². The highest BCUT2D eigenvalue weighted by Crippen LogP contribution is 2.32. The third-order valence-corrected chi connectivity index (χ3v) is 5.18. The number of hydrogen-bond acceptors (Lipinski definition) is 3. The summed E-state index contributed by atoms with van der Waals surface area (Å²) in [5, 5.41) is 4.43. The van der Waals surface area contributed by atoms with Gasteiger partial charge in [0.25, 0.3) is 0 Å². The van der Waals surface area contributed by atoms with Crippen LogP contribution < -0.4 is 5.32 Å². The van der Waals surface area contributed by atoms with Crippen molar-refractivity contribution in [1.29, 1.82) is 0 Å². The van der Waals surface area contributed by atoms with E-state index in [1.807, 2.05) is 7.05 Å². The number of pyridine rings is 1. The molecule has 1 N–H and O–H groups in total. The maximum Gasteiger partial charge on any atom is 0.154 e. The van der Waals surface area contributed by atoms with E-state index in [0.29, 0.717) is 0 Å². The van der Waals surface area contributed by atoms with Gasteiger partial charge in [-0.3, -0.25) is 0 Å². The zero-order chi connectivity index (χ0) is 15.8. The molecule has 2 heterocycles. The Labute approximate surface area is 136 Å². The molecule has 0 spiro atoms. The van der Waals surface area contributed by atoms with E-state index >= 15 is 0 Å². The highest BCUT2D eigenvalue weighted by atomic mass is 15.1. The van der Waals surface area contributed by atoms with Crippen molar-refractivity contribution in [3.8, 4) is 0 Å². The van der Waals surface area contributed by atoms with Gasteiger partial charge in [0.05, 0.1) is 11.0 Å². The van der Waals surface area contributed by atoms with Crippen LogP contribution in [0.1, 0.15) is 37.9 Å². The summed E-state index contributed by atoms with van der Waals surface area (Å²) >= 11 is 0. The minimum Gasteiger partial charge on any atom is -0.371 e. The fourth-order valence-electron chi connectivity index (χ4n) is 3.97. The second kappa shape index (κ2) is 5.84. The van der Waals surface area contributed by atoms with E-state index in [4.69, 9.17) is 9.97 Å². The summed E-state index contributed by atoms with van der Waals surface area (Å²) in [6.45, 7) is 3.20. The number of benzene rings is 1. The molecule has 0 atom stereocenters. The Kier molecular flexibility index (Phi) is 3.68. The Morgan fingerprint density at radius 2 is 1.91 bits per heavy atom. The number of nitrogens with zero attached hydrogens (tertiary/aromatic N) is 3. The number of aromatic nitrogens is 3. The molecule has 0 amide bonds. The summed E-state index contributed by atoms with van der Waals surface area (Å²) in [4.78, 5) is 9.57. The van der Waals surface area contributed by atoms with Gasteiger partial charge in [-0.1, -0.05) is 37.5 Å². The first-order valence-corrected chi connectivity index (χ1v) is 8.71. The van der Waals surface area contributed by atoms with Gasteiger partial charge >= 0.3 is 0 Å². The number of aryl methyl sites for hydroxylation is 1. The van der Waals surface area contributed by atoms with E-state index in [1.54, 1.807) is 0 Å². The summed E-state index contributed by atoms with van der Waals surface area (Å²) in [5.41, 5.74) is 3.27. The Balaban J connectivity index is 1.92. The predicted octanol–water partition coefficient (Wildman–Crippen LogP) is 4.51. The molecule has 120 valence electrons. The molecule has 1 fully saturated rings. The number of rotatable bonds is 3. The lowest BCUT2D eigenvalue weighted by Gasteiger charge is -2.23. The zero-order valence-corrected chi connectivity index (χ0v) is 14.0. The van der Waals surface area contributed by atoms with E-state index in [-0.39, 0.29) is 0 Å². The summed E-state index contributed by atoms with van der Waals surface area (Å²) in [6.07, 6.45) is 6.85. The maximum absolute atomic E-state index is 4.84. The van der Waals surface area contributed by atoms with Gasteiger partial charge in [0.1, 0.15) is 11.3 Å². The molecule has 4 nitrogen and oxygen atoms in total. The standard InChI is InChI=1S/C19H24N4/c1-13-21-17-18(23(13)12-14-8-4-3-5-9-14)15-10-6-7-11-16(15)22-19(17)20-2/h6-7,10-11,14H,3-5,8-9,12H2,1-2H3,(H,20,22). The molecule has 1 aliphatic carbocycles. The largest absolute Gasteiger partial charge is 0.371 e. The summed E-state index contributed by atoms with van der Waals surface area (Å²) in [5.74, 6) is 2.76. The van der Waals surface area contributed by atoms with Crippen molar-refractivity contribution in [2.75, 3.05) is 12.4 Å². The van der Waals surface area contributed by atoms with Gasteiger partial charge in [-0.2, -0.15) is 0 Å². The van der Waals surface area contributed by atoms with Crippen LogP contribution in [0.25, 0.3) is 21.9 Å². The fraction of sp³-hybridized carbons (Fsp3) is 0.474. The van der Waals surface area contributed by atoms with Crippen LogP contribution in [-0.2, 0) is 6.54 Å². The van der Waals surface area contributed by atoms with E-state index in [0.717, 1.165) is 35.1 Å². The van der Waals surface area contributed by atoms with Crippen molar-refractivity contribution in [2.45, 2.75) is 45.6 Å². The third kappa shape index (κ3) is 2.46. The molecule has 1 saturated carbocycles. The lowest BCUT2D eigenvalue weighted by Crippen LogP contribution is -2.15. The normalized spacial score (nSPS) is 16.3. The Bertz CT molecular complexity index is 843. The van der Waals surface area contributed by atoms with Gasteiger partial charge < -0.3 is 9.88 Å². The first-order chi connectivity index (χ1) is 11.3. The van der Waals surface area contributed by atoms with E-state index < -0.39 is 0 Å². The third-order valence-electron chi connectivity index (χ3n) is 5.18. The number of hydrogen-bond donors (Lipinski definition) is 1. The van der Waals surface area contributed by atoms with Crippen LogP contribution in [0.15, 0.2) is 24.3 Å². The highest BCUT2D eigenvalue weighted by Gasteiger charge is 2.20. The molecule has 1 aromatic carbocycles. The van der Waals surface area contributed by atoms with Gasteiger partial charge in [0.2, 0.25) is 0 Å². The molecule has 3 aromatic rings. The molecule has 1 aliphatic rings. The van der Waals surface area contributed by atoms with Crippen LogP contribution in [0, 0.1) is 12.8 Å². The number of imidazole rings is 1. The van der Waals surface area contributed by atoms with Crippen LogP contribution in [0.5, 0.6) is 0 Å². The van der Waals surface area contributed by atoms with E-state index in [9.17, 15) is 0 Å². The number of fused-ring (bicyclic) bond motifs is 3. The molecule has 0 bridgehead atoms. The minimum absolute atomic E-state index is 0.782. The lowest BCUT2D eigenvalue weighted by molar-refractivity contribution is 0.320. The average Bonchev–Trinajstić information content (AvgIpc) is 2.92. The van der Waals surface area contributed by atoms with Crippen LogP contribution in [0.4, 0.5) is 5.82 Å². The Morgan fingerprint density at radius 1 is 1.13 bits per heavy atom. The van der Waals surface area contributed by atoms with E-state index in [2.05, 4.69) is 41.1 Å². The predicted molar refractivity (Wildman–Crippen MR) is 95.9 cm³/mol. The number of nitrogens with one attached hydrogen (secondary N) is 1. The SMILES string of the molecule is CNc1nc2ccccc2c2c1nc(C)n2CC1CCCCC1. The molecule has 23 heavy (non-hydrogen) atoms. The van der Waals surface area contributed by atoms with E-state index in [1.165, 1.54) is 43.0 Å². The topological polar surface area (TPSA) is 42.7 Å². The molecule has 0 unspecified atom stereocenters. The van der Waals surface area contributed by atoms with Crippen molar-refractivity contribution >= 4 is 27.8 Å². The summed E-state index contributed by atoms with van der Waals surface area (Å²) in [6, 6.07) is 8.40. The molecule has 0 aliphatic heterocycles. The maximum atomic E-state index is 4.84. The van der Waals surface area contributed by atoms with Crippen LogP contribution >= 0.6 is 0 Å². The summed E-state index contributed by atoms with van der Waals surface area (Å²) in [7, 11) is 1.92. The molecule has 4 heteroatoms. The lowest BCUT2D eigenvalue weighted by atomic mass is 9.89. The van der Waals surface area contributed by atoms with Gasteiger partial charge in [0.15, 0.2) is 5.82 Å². The zero-order valence-electron chi connectivity index (χ0n) is 14.0. The fourth-order valence-corrected chi connectivity index (χ4v) is 3.97. The molecule has 0 radical (unpaired) electrons. The number of anilines is 1. The summed E-state index contributed by atoms with van der Waals surface area (Å²) < 4.78 is 2.43.